The van der Waals surface area contributed by atoms with Crippen LogP contribution in [0.5, 0.6) is 11.5 Å². The van der Waals surface area contributed by atoms with Crippen LogP contribution < -0.4 is 9.46 Å². The molecule has 0 saturated carbocycles. The summed E-state index contributed by atoms with van der Waals surface area (Å²) in [5.41, 5.74) is 2.17. The summed E-state index contributed by atoms with van der Waals surface area (Å²) in [7, 11) is -1.99. The minimum absolute atomic E-state index is 0.00743. The lowest BCUT2D eigenvalue weighted by Gasteiger charge is -2.08. The van der Waals surface area contributed by atoms with E-state index < -0.39 is 10.0 Å². The summed E-state index contributed by atoms with van der Waals surface area (Å²) >= 11 is 0. The fourth-order valence-electron chi connectivity index (χ4n) is 2.42. The van der Waals surface area contributed by atoms with Gasteiger partial charge < -0.3 is 9.84 Å². The fourth-order valence-corrected chi connectivity index (χ4v) is 3.48. The fraction of sp³-hybridized carbons (Fsp3) is 0.235. The number of methoxy groups -OCH3 is 1. The Morgan fingerprint density at radius 3 is 2.73 bits per heavy atom. The second-order valence-electron chi connectivity index (χ2n) is 5.60. The summed E-state index contributed by atoms with van der Waals surface area (Å²) in [4.78, 5) is 12.9. The molecule has 2 aromatic heterocycles. The van der Waals surface area contributed by atoms with Gasteiger partial charge >= 0.3 is 0 Å². The molecular formula is C17H18N4O4S. The van der Waals surface area contributed by atoms with Gasteiger partial charge in [-0.2, -0.15) is 0 Å². The van der Waals surface area contributed by atoms with Crippen LogP contribution in [0, 0.1) is 0 Å². The minimum Gasteiger partial charge on any atom is -0.504 e. The first-order valence-corrected chi connectivity index (χ1v) is 9.59. The average molecular weight is 374 g/mol. The van der Waals surface area contributed by atoms with Crippen molar-refractivity contribution in [3.05, 3.63) is 36.5 Å². The molecule has 0 spiro atoms. The lowest BCUT2D eigenvalue weighted by atomic mass is 10.1. The van der Waals surface area contributed by atoms with Gasteiger partial charge in [-0.1, -0.05) is 6.92 Å². The van der Waals surface area contributed by atoms with Crippen molar-refractivity contribution < 1.29 is 18.3 Å². The molecule has 1 aromatic carbocycles. The number of benzene rings is 1. The molecule has 0 fully saturated rings. The Labute approximate surface area is 151 Å². The largest absolute Gasteiger partial charge is 0.504 e. The highest BCUT2D eigenvalue weighted by molar-refractivity contribution is 7.92. The Balaban J connectivity index is 1.99. The number of pyridine rings is 1. The highest BCUT2D eigenvalue weighted by Gasteiger charge is 2.12. The summed E-state index contributed by atoms with van der Waals surface area (Å²) in [5.74, 6) is 0.493. The van der Waals surface area contributed by atoms with E-state index in [0.717, 1.165) is 5.56 Å². The van der Waals surface area contributed by atoms with E-state index in [9.17, 15) is 13.5 Å². The average Bonchev–Trinajstić information content (AvgIpc) is 2.61. The molecule has 0 aliphatic heterocycles. The van der Waals surface area contributed by atoms with Crippen LogP contribution in [0.2, 0.25) is 0 Å². The Bertz CT molecular complexity index is 1050. The predicted molar refractivity (Wildman–Crippen MR) is 98.7 cm³/mol. The standard InChI is InChI=1S/C17H18N4O4S/c1-3-8-26(23,24)21-16-10-18-13-6-5-12(19-17(13)20-16)11-4-7-14(22)15(9-11)25-2/h4-7,9-10,22H,3,8H2,1-2H3,(H,19,20,21). The summed E-state index contributed by atoms with van der Waals surface area (Å²) in [6.45, 7) is 1.78. The highest BCUT2D eigenvalue weighted by atomic mass is 32.2. The lowest BCUT2D eigenvalue weighted by molar-refractivity contribution is 0.373. The summed E-state index contributed by atoms with van der Waals surface area (Å²) in [6.07, 6.45) is 1.86. The second-order valence-corrected chi connectivity index (χ2v) is 7.44. The zero-order chi connectivity index (χ0) is 18.7. The van der Waals surface area contributed by atoms with Crippen molar-refractivity contribution in [2.45, 2.75) is 13.3 Å². The van der Waals surface area contributed by atoms with Crippen LogP contribution in [0.4, 0.5) is 5.82 Å². The number of sulfonamides is 1. The maximum atomic E-state index is 11.9. The van der Waals surface area contributed by atoms with E-state index in [1.165, 1.54) is 19.4 Å². The predicted octanol–water partition coefficient (Wildman–Crippen LogP) is 2.56. The number of aromatic hydroxyl groups is 1. The van der Waals surface area contributed by atoms with E-state index in [0.29, 0.717) is 29.0 Å². The van der Waals surface area contributed by atoms with Crippen molar-refractivity contribution in [1.82, 2.24) is 15.0 Å². The van der Waals surface area contributed by atoms with Crippen LogP contribution in [-0.2, 0) is 10.0 Å². The van der Waals surface area contributed by atoms with Crippen molar-refractivity contribution >= 4 is 27.0 Å². The van der Waals surface area contributed by atoms with Crippen LogP contribution >= 0.6 is 0 Å². The van der Waals surface area contributed by atoms with Crippen LogP contribution in [0.25, 0.3) is 22.4 Å². The molecule has 0 amide bonds. The van der Waals surface area contributed by atoms with E-state index in [4.69, 9.17) is 4.74 Å². The number of nitrogens with zero attached hydrogens (tertiary/aromatic N) is 3. The van der Waals surface area contributed by atoms with E-state index in [-0.39, 0.29) is 17.3 Å². The summed E-state index contributed by atoms with van der Waals surface area (Å²) in [5, 5.41) is 9.71. The Morgan fingerprint density at radius 1 is 1.19 bits per heavy atom. The van der Waals surface area contributed by atoms with Crippen LogP contribution in [0.1, 0.15) is 13.3 Å². The van der Waals surface area contributed by atoms with Crippen molar-refractivity contribution in [2.75, 3.05) is 17.6 Å². The molecule has 26 heavy (non-hydrogen) atoms. The number of hydrogen-bond acceptors (Lipinski definition) is 7. The molecule has 0 atom stereocenters. The molecule has 2 heterocycles. The van der Waals surface area contributed by atoms with Crippen molar-refractivity contribution in [3.8, 4) is 22.8 Å². The van der Waals surface area contributed by atoms with Crippen molar-refractivity contribution in [3.63, 3.8) is 0 Å². The zero-order valence-electron chi connectivity index (χ0n) is 14.3. The molecule has 8 nitrogen and oxygen atoms in total. The van der Waals surface area contributed by atoms with Crippen LogP contribution in [-0.4, -0.2) is 41.3 Å². The molecule has 0 bridgehead atoms. The third kappa shape index (κ3) is 3.83. The molecule has 2 N–H and O–H groups in total. The van der Waals surface area contributed by atoms with E-state index in [2.05, 4.69) is 19.7 Å². The quantitative estimate of drug-likeness (QED) is 0.681. The van der Waals surface area contributed by atoms with Gasteiger partial charge in [0.1, 0.15) is 5.52 Å². The van der Waals surface area contributed by atoms with E-state index in [1.54, 1.807) is 31.2 Å². The number of aromatic nitrogens is 3. The third-order valence-electron chi connectivity index (χ3n) is 3.62. The monoisotopic (exact) mass is 374 g/mol. The molecule has 0 aliphatic carbocycles. The zero-order valence-corrected chi connectivity index (χ0v) is 15.1. The van der Waals surface area contributed by atoms with Crippen molar-refractivity contribution in [2.24, 2.45) is 0 Å². The van der Waals surface area contributed by atoms with Gasteiger partial charge in [0.25, 0.3) is 0 Å². The van der Waals surface area contributed by atoms with Crippen LogP contribution in [0.15, 0.2) is 36.5 Å². The number of hydrogen-bond donors (Lipinski definition) is 2. The normalized spacial score (nSPS) is 11.5. The first-order valence-electron chi connectivity index (χ1n) is 7.93. The number of ether oxygens (including phenoxy) is 1. The molecule has 0 radical (unpaired) electrons. The summed E-state index contributed by atoms with van der Waals surface area (Å²) < 4.78 is 31.3. The topological polar surface area (TPSA) is 114 Å². The van der Waals surface area contributed by atoms with Gasteiger partial charge in [0.05, 0.1) is 24.8 Å². The van der Waals surface area contributed by atoms with Crippen molar-refractivity contribution in [1.29, 1.82) is 0 Å². The number of fused-ring (bicyclic) bond motifs is 1. The maximum Gasteiger partial charge on any atom is 0.233 e. The first-order chi connectivity index (χ1) is 12.4. The molecule has 0 unspecified atom stereocenters. The number of anilines is 1. The Morgan fingerprint density at radius 2 is 2.00 bits per heavy atom. The van der Waals surface area contributed by atoms with Gasteiger partial charge in [-0.3, -0.25) is 4.72 Å². The second kappa shape index (κ2) is 7.12. The van der Waals surface area contributed by atoms with Gasteiger partial charge in [0.2, 0.25) is 10.0 Å². The molecular weight excluding hydrogens is 356 g/mol. The first kappa shape index (κ1) is 17.9. The maximum absolute atomic E-state index is 11.9. The molecule has 9 heteroatoms. The molecule has 3 rings (SSSR count). The number of phenolic OH excluding ortho intramolecular Hbond substituents is 1. The Kier molecular flexibility index (Phi) is 4.90. The smallest absolute Gasteiger partial charge is 0.233 e. The van der Waals surface area contributed by atoms with E-state index in [1.807, 2.05) is 0 Å². The molecule has 3 aromatic rings. The number of phenols is 1. The summed E-state index contributed by atoms with van der Waals surface area (Å²) in [6, 6.07) is 8.39. The highest BCUT2D eigenvalue weighted by Crippen LogP contribution is 2.31. The third-order valence-corrected chi connectivity index (χ3v) is 5.08. The Hall–Kier alpha value is -2.94. The molecule has 0 aliphatic rings. The number of rotatable bonds is 6. The van der Waals surface area contributed by atoms with Gasteiger partial charge in [-0.25, -0.2) is 23.4 Å². The molecule has 0 saturated heterocycles. The van der Waals surface area contributed by atoms with Gasteiger partial charge in [0.15, 0.2) is 23.0 Å². The SMILES string of the molecule is CCCS(=O)(=O)Nc1cnc2ccc(-c3ccc(O)c(OC)c3)nc2n1. The van der Waals surface area contributed by atoms with Gasteiger partial charge in [-0.15, -0.1) is 0 Å². The van der Waals surface area contributed by atoms with Gasteiger partial charge in [0, 0.05) is 5.56 Å². The van der Waals surface area contributed by atoms with E-state index >= 15 is 0 Å². The number of nitrogens with one attached hydrogen (secondary N) is 1. The molecule has 136 valence electrons. The van der Waals surface area contributed by atoms with Crippen LogP contribution in [0.3, 0.4) is 0 Å². The lowest BCUT2D eigenvalue weighted by Crippen LogP contribution is -2.17. The minimum atomic E-state index is -3.45. The van der Waals surface area contributed by atoms with Gasteiger partial charge in [-0.05, 0) is 36.8 Å².